The molecular formula is C30H42ClF3NO7PS. The Kier molecular flexibility index (Phi) is 14.4. The maximum absolute atomic E-state index is 13.4. The summed E-state index contributed by atoms with van der Waals surface area (Å²) in [6.07, 6.45) is -2.60. The highest BCUT2D eigenvalue weighted by molar-refractivity contribution is 7.99. The van der Waals surface area contributed by atoms with Crippen molar-refractivity contribution in [1.29, 1.82) is 0 Å². The molecule has 0 unspecified atom stereocenters. The number of methoxy groups -OCH3 is 1. The van der Waals surface area contributed by atoms with Gasteiger partial charge in [-0.1, -0.05) is 42.8 Å². The van der Waals surface area contributed by atoms with Gasteiger partial charge in [0.15, 0.2) is 6.79 Å². The molecule has 0 aliphatic rings. The topological polar surface area (TPSA) is 92.3 Å². The van der Waals surface area contributed by atoms with Crippen LogP contribution < -0.4 is 10.1 Å². The van der Waals surface area contributed by atoms with Crippen molar-refractivity contribution in [3.63, 3.8) is 0 Å². The normalized spacial score (nSPS) is 13.8. The first-order valence-corrected chi connectivity index (χ1v) is 16.9. The van der Waals surface area contributed by atoms with Crippen molar-refractivity contribution in [2.45, 2.75) is 86.9 Å². The molecule has 0 radical (unpaired) electrons. The van der Waals surface area contributed by atoms with E-state index < -0.39 is 36.6 Å². The second kappa shape index (κ2) is 16.6. The predicted molar refractivity (Wildman–Crippen MR) is 166 cm³/mol. The average molecular weight is 684 g/mol. The van der Waals surface area contributed by atoms with E-state index in [1.54, 1.807) is 39.0 Å². The molecule has 1 amide bonds. The summed E-state index contributed by atoms with van der Waals surface area (Å²) >= 11 is 7.76. The van der Waals surface area contributed by atoms with E-state index in [9.17, 15) is 22.5 Å². The molecule has 2 rings (SSSR count). The van der Waals surface area contributed by atoms with Crippen LogP contribution in [0, 0.1) is 0 Å². The van der Waals surface area contributed by atoms with Crippen molar-refractivity contribution in [2.24, 2.45) is 0 Å². The van der Waals surface area contributed by atoms with Crippen LogP contribution in [0.25, 0.3) is 0 Å². The molecule has 1 N–H and O–H groups in total. The van der Waals surface area contributed by atoms with Crippen LogP contribution in [0.15, 0.2) is 46.2 Å². The van der Waals surface area contributed by atoms with Crippen LogP contribution in [0.4, 0.5) is 18.0 Å². The number of amides is 1. The average Bonchev–Trinajstić information content (AvgIpc) is 2.93. The summed E-state index contributed by atoms with van der Waals surface area (Å²) < 4.78 is 79.3. The second-order valence-electron chi connectivity index (χ2n) is 11.2. The number of nitrogens with one attached hydrogen (secondary N) is 1. The maximum atomic E-state index is 13.4. The molecule has 0 spiro atoms. The standard InChI is InChI=1S/C30H42ClF3NO7PS/c1-8-14-29(16-17-43(37,39-6)40-7,35-27(36)42-28(2,3)4)15-13-21-9-11-23(19-24(21)31)44-26-18-22(30(32,33)34)10-12-25(26)41-20-38-5/h9-12,18-19H,8,13-17,20H2,1-7H3,(H,35,36)/t29-/m0/s1. The molecule has 8 nitrogen and oxygen atoms in total. The molecule has 0 heterocycles. The number of alkyl carbamates (subject to hydrolysis) is 1. The Bertz CT molecular complexity index is 1280. The van der Waals surface area contributed by atoms with Crippen LogP contribution in [0.5, 0.6) is 5.75 Å². The Labute approximate surface area is 267 Å². The largest absolute Gasteiger partial charge is 0.466 e. The fraction of sp³-hybridized carbons (Fsp3) is 0.567. The van der Waals surface area contributed by atoms with Crippen molar-refractivity contribution < 1.29 is 45.8 Å². The van der Waals surface area contributed by atoms with Crippen LogP contribution in [0.3, 0.4) is 0 Å². The number of aryl methyl sites for hydroxylation is 1. The van der Waals surface area contributed by atoms with Crippen molar-refractivity contribution in [1.82, 2.24) is 5.32 Å². The second-order valence-corrected chi connectivity index (χ2v) is 15.1. The quantitative estimate of drug-likeness (QED) is 0.138. The summed E-state index contributed by atoms with van der Waals surface area (Å²) in [5.41, 5.74) is -1.57. The van der Waals surface area contributed by atoms with Gasteiger partial charge in [-0.25, -0.2) is 4.79 Å². The number of alkyl halides is 3. The number of benzene rings is 2. The SMILES string of the molecule is CCC[C@](CCc1ccc(Sc2cc(C(F)(F)F)ccc2OCOC)cc1Cl)(CCP(=O)(OC)OC)NC(=O)OC(C)(C)C. The first-order chi connectivity index (χ1) is 20.5. The van der Waals surface area contributed by atoms with Gasteiger partial charge in [-0.05, 0) is 82.3 Å². The Hall–Kier alpha value is -1.95. The molecule has 1 atom stereocenters. The van der Waals surface area contributed by atoms with Gasteiger partial charge in [0, 0.05) is 36.8 Å². The Morgan fingerprint density at radius 3 is 2.23 bits per heavy atom. The first kappa shape index (κ1) is 38.2. The number of ether oxygens (including phenoxy) is 3. The van der Waals surface area contributed by atoms with Crippen LogP contribution >= 0.6 is 31.0 Å². The molecule has 0 fully saturated rings. The lowest BCUT2D eigenvalue weighted by molar-refractivity contribution is -0.137. The molecule has 44 heavy (non-hydrogen) atoms. The van der Waals surface area contributed by atoms with E-state index in [1.807, 2.05) is 6.92 Å². The molecule has 0 saturated carbocycles. The monoisotopic (exact) mass is 683 g/mol. The number of carbonyl (C=O) groups is 1. The Balaban J connectivity index is 2.34. The summed E-state index contributed by atoms with van der Waals surface area (Å²) in [4.78, 5) is 13.8. The summed E-state index contributed by atoms with van der Waals surface area (Å²) in [7, 11) is 0.688. The number of halogens is 4. The maximum Gasteiger partial charge on any atom is 0.416 e. The van der Waals surface area contributed by atoms with E-state index >= 15 is 0 Å². The zero-order chi connectivity index (χ0) is 33.2. The lowest BCUT2D eigenvalue weighted by Crippen LogP contribution is -2.51. The van der Waals surface area contributed by atoms with Crippen molar-refractivity contribution in [3.8, 4) is 5.75 Å². The van der Waals surface area contributed by atoms with Gasteiger partial charge in [0.2, 0.25) is 0 Å². The summed E-state index contributed by atoms with van der Waals surface area (Å²) in [5, 5.41) is 3.43. The van der Waals surface area contributed by atoms with E-state index in [4.69, 9.17) is 34.9 Å². The summed E-state index contributed by atoms with van der Waals surface area (Å²) in [6.45, 7) is 7.16. The minimum atomic E-state index is -4.52. The molecule has 2 aromatic rings. The molecule has 0 bridgehead atoms. The highest BCUT2D eigenvalue weighted by Gasteiger charge is 2.36. The molecule has 0 aliphatic heterocycles. The number of hydrogen-bond donors (Lipinski definition) is 1. The van der Waals surface area contributed by atoms with Gasteiger partial charge in [0.05, 0.1) is 16.6 Å². The fourth-order valence-electron chi connectivity index (χ4n) is 4.47. The van der Waals surface area contributed by atoms with Crippen LogP contribution in [0.2, 0.25) is 5.02 Å². The molecule has 0 aromatic heterocycles. The van der Waals surface area contributed by atoms with E-state index in [1.165, 1.54) is 27.4 Å². The van der Waals surface area contributed by atoms with E-state index in [-0.39, 0.29) is 23.6 Å². The highest BCUT2D eigenvalue weighted by Crippen LogP contribution is 2.48. The Morgan fingerprint density at radius 2 is 1.68 bits per heavy atom. The fourth-order valence-corrected chi connectivity index (χ4v) is 7.01. The predicted octanol–water partition coefficient (Wildman–Crippen LogP) is 9.36. The van der Waals surface area contributed by atoms with Crippen molar-refractivity contribution in [2.75, 3.05) is 34.3 Å². The molecule has 248 valence electrons. The third-order valence-electron chi connectivity index (χ3n) is 6.64. The van der Waals surface area contributed by atoms with Gasteiger partial charge >= 0.3 is 19.9 Å². The van der Waals surface area contributed by atoms with Gasteiger partial charge < -0.3 is 28.6 Å². The van der Waals surface area contributed by atoms with E-state index in [2.05, 4.69) is 5.32 Å². The molecule has 14 heteroatoms. The van der Waals surface area contributed by atoms with Crippen LogP contribution in [-0.2, 0) is 35.7 Å². The zero-order valence-corrected chi connectivity index (χ0v) is 28.6. The van der Waals surface area contributed by atoms with Gasteiger partial charge in [-0.15, -0.1) is 0 Å². The van der Waals surface area contributed by atoms with Crippen LogP contribution in [0.1, 0.15) is 64.5 Å². The number of hydrogen-bond acceptors (Lipinski definition) is 8. The first-order valence-electron chi connectivity index (χ1n) is 14.0. The van der Waals surface area contributed by atoms with Gasteiger partial charge in [-0.2, -0.15) is 13.2 Å². The summed E-state index contributed by atoms with van der Waals surface area (Å²) in [5.74, 6) is 0.243. The minimum absolute atomic E-state index is 0.0730. The molecular weight excluding hydrogens is 642 g/mol. The van der Waals surface area contributed by atoms with E-state index in [0.29, 0.717) is 42.0 Å². The van der Waals surface area contributed by atoms with Crippen LogP contribution in [-0.4, -0.2) is 51.5 Å². The number of carbonyl (C=O) groups excluding carboxylic acids is 1. The minimum Gasteiger partial charge on any atom is -0.466 e. The van der Waals surface area contributed by atoms with Crippen molar-refractivity contribution >= 4 is 37.1 Å². The lowest BCUT2D eigenvalue weighted by atomic mass is 9.84. The van der Waals surface area contributed by atoms with Crippen molar-refractivity contribution in [3.05, 3.63) is 52.5 Å². The van der Waals surface area contributed by atoms with Gasteiger partial charge in [-0.3, -0.25) is 4.57 Å². The molecule has 2 aromatic carbocycles. The third-order valence-corrected chi connectivity index (χ3v) is 9.91. The highest BCUT2D eigenvalue weighted by atomic mass is 35.5. The third kappa shape index (κ3) is 12.1. The van der Waals surface area contributed by atoms with Gasteiger partial charge in [0.1, 0.15) is 11.4 Å². The zero-order valence-electron chi connectivity index (χ0n) is 26.1. The van der Waals surface area contributed by atoms with Gasteiger partial charge in [0.25, 0.3) is 0 Å². The molecule has 0 aliphatic carbocycles. The smallest absolute Gasteiger partial charge is 0.416 e. The lowest BCUT2D eigenvalue weighted by Gasteiger charge is -2.36. The molecule has 0 saturated heterocycles. The Morgan fingerprint density at radius 1 is 1.00 bits per heavy atom. The summed E-state index contributed by atoms with van der Waals surface area (Å²) in [6, 6.07) is 8.48. The van der Waals surface area contributed by atoms with E-state index in [0.717, 1.165) is 29.5 Å². The number of rotatable bonds is 16.